The highest BCUT2D eigenvalue weighted by molar-refractivity contribution is 6.32. The van der Waals surface area contributed by atoms with Crippen molar-refractivity contribution in [3.8, 4) is 0 Å². The lowest BCUT2D eigenvalue weighted by Gasteiger charge is -2.31. The molecule has 0 N–H and O–H groups in total. The summed E-state index contributed by atoms with van der Waals surface area (Å²) in [5, 5.41) is 6.38. The van der Waals surface area contributed by atoms with Gasteiger partial charge in [-0.2, -0.15) is 10.1 Å². The van der Waals surface area contributed by atoms with Gasteiger partial charge in [0, 0.05) is 16.2 Å². The van der Waals surface area contributed by atoms with Gasteiger partial charge >= 0.3 is 0 Å². The van der Waals surface area contributed by atoms with E-state index in [1.165, 1.54) is 5.01 Å². The van der Waals surface area contributed by atoms with Crippen LogP contribution in [0.25, 0.3) is 0 Å². The minimum atomic E-state index is -0.340. The number of hydrogen-bond donors (Lipinski definition) is 0. The number of Topliss-reactive ketones (excluding diaryl/α,β-unsaturated/α-hetero) is 1. The van der Waals surface area contributed by atoms with Crippen LogP contribution in [0.4, 0.5) is 5.69 Å². The first-order chi connectivity index (χ1) is 13.3. The van der Waals surface area contributed by atoms with Gasteiger partial charge in [0.25, 0.3) is 5.91 Å². The van der Waals surface area contributed by atoms with E-state index >= 15 is 0 Å². The van der Waals surface area contributed by atoms with Crippen molar-refractivity contribution in [1.29, 1.82) is 0 Å². The third kappa shape index (κ3) is 3.99. The Kier molecular flexibility index (Phi) is 5.20. The second-order valence-corrected chi connectivity index (χ2v) is 9.99. The highest BCUT2D eigenvalue weighted by Gasteiger charge is 2.37. The quantitative estimate of drug-likeness (QED) is 0.542. The number of hydrazone groups is 1. The number of rotatable bonds is 1. The smallest absolute Gasteiger partial charge is 0.281 e. The van der Waals surface area contributed by atoms with E-state index in [9.17, 15) is 9.59 Å². The summed E-state index contributed by atoms with van der Waals surface area (Å²) in [6, 6.07) is 7.05. The molecule has 0 spiro atoms. The maximum atomic E-state index is 13.3. The molecule has 0 bridgehead atoms. The van der Waals surface area contributed by atoms with E-state index in [-0.39, 0.29) is 22.5 Å². The van der Waals surface area contributed by atoms with Crippen molar-refractivity contribution < 1.29 is 9.59 Å². The van der Waals surface area contributed by atoms with E-state index < -0.39 is 0 Å². The first-order valence-electron chi connectivity index (χ1n) is 9.69. The standard InChI is InChI=1S/C24H27ClN2O2/c1-14-20(22(29)27(26-14)17-10-8-9-16(25)13-17)15-11-18(23(2,3)4)21(28)19(12-15)24(5,6)7/h8-13H,1-7H3. The highest BCUT2D eigenvalue weighted by Crippen LogP contribution is 2.40. The average molecular weight is 411 g/mol. The van der Waals surface area contributed by atoms with Crippen molar-refractivity contribution in [1.82, 2.24) is 0 Å². The topological polar surface area (TPSA) is 49.7 Å². The largest absolute Gasteiger partial charge is 0.289 e. The monoisotopic (exact) mass is 410 g/mol. The molecule has 1 heterocycles. The van der Waals surface area contributed by atoms with E-state index in [1.807, 2.05) is 60.6 Å². The fourth-order valence-electron chi connectivity index (χ4n) is 3.51. The molecule has 0 aromatic heterocycles. The first-order valence-corrected chi connectivity index (χ1v) is 10.1. The molecule has 4 nitrogen and oxygen atoms in total. The van der Waals surface area contributed by atoms with E-state index in [0.717, 1.165) is 5.57 Å². The van der Waals surface area contributed by atoms with Crippen molar-refractivity contribution in [2.45, 2.75) is 48.5 Å². The lowest BCUT2D eigenvalue weighted by atomic mass is 9.71. The summed E-state index contributed by atoms with van der Waals surface area (Å²) in [7, 11) is 0. The van der Waals surface area contributed by atoms with Crippen molar-refractivity contribution in [2.75, 3.05) is 5.01 Å². The van der Waals surface area contributed by atoms with Crippen LogP contribution < -0.4 is 5.01 Å². The summed E-state index contributed by atoms with van der Waals surface area (Å²) in [5.41, 5.74) is 3.21. The zero-order chi connectivity index (χ0) is 21.7. The number of carbonyl (C=O) groups excluding carboxylic acids is 2. The van der Waals surface area contributed by atoms with E-state index in [4.69, 9.17) is 11.6 Å². The van der Waals surface area contributed by atoms with Crippen LogP contribution >= 0.6 is 11.6 Å². The molecule has 0 unspecified atom stereocenters. The summed E-state index contributed by atoms with van der Waals surface area (Å²) in [4.78, 5) is 26.5. The molecule has 1 amide bonds. The molecule has 2 aliphatic rings. The molecule has 0 saturated carbocycles. The molecule has 29 heavy (non-hydrogen) atoms. The van der Waals surface area contributed by atoms with Crippen LogP contribution in [0.1, 0.15) is 48.5 Å². The van der Waals surface area contributed by atoms with Gasteiger partial charge in [-0.05, 0) is 53.7 Å². The number of nitrogens with zero attached hydrogens (tertiary/aromatic N) is 2. The van der Waals surface area contributed by atoms with Crippen LogP contribution in [0.3, 0.4) is 0 Å². The Hall–Kier alpha value is -2.46. The first kappa shape index (κ1) is 21.3. The Balaban J connectivity index is 2.19. The Labute approximate surface area is 177 Å². The van der Waals surface area contributed by atoms with Crippen LogP contribution in [0.5, 0.6) is 0 Å². The summed E-state index contributed by atoms with van der Waals surface area (Å²) in [6.45, 7) is 13.9. The Morgan fingerprint density at radius 1 is 0.931 bits per heavy atom. The molecule has 3 rings (SSSR count). The normalized spacial score (nSPS) is 18.2. The minimum absolute atomic E-state index is 0.0427. The van der Waals surface area contributed by atoms with E-state index in [2.05, 4.69) is 5.10 Å². The van der Waals surface area contributed by atoms with Crippen molar-refractivity contribution in [3.63, 3.8) is 0 Å². The Morgan fingerprint density at radius 3 is 1.97 bits per heavy atom. The van der Waals surface area contributed by atoms with Crippen molar-refractivity contribution in [2.24, 2.45) is 15.9 Å². The SMILES string of the molecule is CC1=NN(c2cccc(Cl)c2)C(=O)C1=C1C=C(C(C)(C)C)C(=O)C(C(C)(C)C)=C1. The second-order valence-electron chi connectivity index (χ2n) is 9.56. The lowest BCUT2D eigenvalue weighted by Crippen LogP contribution is -2.29. The summed E-state index contributed by atoms with van der Waals surface area (Å²) >= 11 is 6.09. The second kappa shape index (κ2) is 7.10. The number of amides is 1. The third-order valence-electron chi connectivity index (χ3n) is 5.06. The zero-order valence-corrected chi connectivity index (χ0v) is 18.8. The van der Waals surface area contributed by atoms with Gasteiger partial charge in [0.1, 0.15) is 0 Å². The molecule has 1 aromatic carbocycles. The highest BCUT2D eigenvalue weighted by atomic mass is 35.5. The van der Waals surface area contributed by atoms with E-state index in [0.29, 0.717) is 33.1 Å². The van der Waals surface area contributed by atoms with Crippen LogP contribution in [0.15, 0.2) is 63.8 Å². The molecule has 0 saturated heterocycles. The van der Waals surface area contributed by atoms with Gasteiger partial charge < -0.3 is 0 Å². The molecular formula is C24H27ClN2O2. The number of allylic oxidation sites excluding steroid dienone is 5. The predicted octanol–water partition coefficient (Wildman–Crippen LogP) is 5.89. The summed E-state index contributed by atoms with van der Waals surface area (Å²) in [6.07, 6.45) is 3.70. The molecule has 152 valence electrons. The molecule has 0 fully saturated rings. The van der Waals surface area contributed by atoms with E-state index in [1.54, 1.807) is 24.3 Å². The lowest BCUT2D eigenvalue weighted by molar-refractivity contribution is -0.115. The Morgan fingerprint density at radius 2 is 1.48 bits per heavy atom. The number of halogens is 1. The Bertz CT molecular complexity index is 992. The third-order valence-corrected chi connectivity index (χ3v) is 5.30. The maximum absolute atomic E-state index is 13.3. The van der Waals surface area contributed by atoms with Crippen LogP contribution in [-0.2, 0) is 9.59 Å². The summed E-state index contributed by atoms with van der Waals surface area (Å²) < 4.78 is 0. The number of anilines is 1. The van der Waals surface area contributed by atoms with Gasteiger partial charge in [-0.3, -0.25) is 9.59 Å². The van der Waals surface area contributed by atoms with Crippen LogP contribution in [0.2, 0.25) is 5.02 Å². The van der Waals surface area contributed by atoms with Crippen molar-refractivity contribution in [3.05, 3.63) is 63.7 Å². The number of hydrogen-bond acceptors (Lipinski definition) is 3. The van der Waals surface area contributed by atoms with Crippen LogP contribution in [-0.4, -0.2) is 17.4 Å². The molecule has 0 radical (unpaired) electrons. The van der Waals surface area contributed by atoms with Crippen LogP contribution in [0, 0.1) is 10.8 Å². The average Bonchev–Trinajstić information content (AvgIpc) is 2.88. The molecule has 0 atom stereocenters. The fourth-order valence-corrected chi connectivity index (χ4v) is 3.69. The van der Waals surface area contributed by atoms with Gasteiger partial charge in [0.2, 0.25) is 0 Å². The maximum Gasteiger partial charge on any atom is 0.281 e. The number of benzene rings is 1. The van der Waals surface area contributed by atoms with Crippen molar-refractivity contribution >= 4 is 34.7 Å². The zero-order valence-electron chi connectivity index (χ0n) is 18.1. The molecule has 5 heteroatoms. The fraction of sp³-hybridized carbons (Fsp3) is 0.375. The summed E-state index contributed by atoms with van der Waals surface area (Å²) in [5.74, 6) is -0.177. The minimum Gasteiger partial charge on any atom is -0.289 e. The van der Waals surface area contributed by atoms with Gasteiger partial charge in [-0.1, -0.05) is 59.2 Å². The predicted molar refractivity (Wildman–Crippen MR) is 119 cm³/mol. The molecule has 1 aliphatic carbocycles. The van der Waals surface area contributed by atoms with Gasteiger partial charge in [-0.25, -0.2) is 0 Å². The molecular weight excluding hydrogens is 384 g/mol. The molecule has 1 aromatic rings. The van der Waals surface area contributed by atoms with Gasteiger partial charge in [0.15, 0.2) is 5.78 Å². The van der Waals surface area contributed by atoms with Gasteiger partial charge in [0.05, 0.1) is 17.0 Å². The van der Waals surface area contributed by atoms with Gasteiger partial charge in [-0.15, -0.1) is 0 Å². The number of ketones is 1. The molecule has 1 aliphatic heterocycles. The number of carbonyl (C=O) groups is 2.